The van der Waals surface area contributed by atoms with Crippen molar-refractivity contribution in [3.8, 4) is 0 Å². The molecule has 1 aliphatic heterocycles. The van der Waals surface area contributed by atoms with Crippen LogP contribution in [0.4, 0.5) is 5.69 Å². The van der Waals surface area contributed by atoms with E-state index < -0.39 is 0 Å². The average Bonchev–Trinajstić information content (AvgIpc) is 2.46. The second-order valence-electron chi connectivity index (χ2n) is 5.05. The number of carbonyl (C=O) groups excluding carboxylic acids is 1. The smallest absolute Gasteiger partial charge is 0.274 e. The van der Waals surface area contributed by atoms with E-state index in [4.69, 9.17) is 5.73 Å². The van der Waals surface area contributed by atoms with Crippen LogP contribution in [-0.4, -0.2) is 27.3 Å². The molecule has 0 bridgehead atoms. The first kappa shape index (κ1) is 12.6. The summed E-state index contributed by atoms with van der Waals surface area (Å²) in [6.45, 7) is 3.13. The second kappa shape index (κ2) is 4.92. The van der Waals surface area contributed by atoms with E-state index in [2.05, 4.69) is 9.97 Å². The highest BCUT2D eigenvalue weighted by molar-refractivity contribution is 5.92. The van der Waals surface area contributed by atoms with Crippen LogP contribution < -0.4 is 5.73 Å². The van der Waals surface area contributed by atoms with Crippen molar-refractivity contribution in [3.63, 3.8) is 0 Å². The van der Waals surface area contributed by atoms with Crippen molar-refractivity contribution < 1.29 is 4.79 Å². The molecule has 0 fully saturated rings. The van der Waals surface area contributed by atoms with Gasteiger partial charge in [-0.3, -0.25) is 9.78 Å². The van der Waals surface area contributed by atoms with Crippen molar-refractivity contribution in [3.05, 3.63) is 53.1 Å². The van der Waals surface area contributed by atoms with E-state index in [1.807, 2.05) is 25.1 Å². The molecule has 20 heavy (non-hydrogen) atoms. The summed E-state index contributed by atoms with van der Waals surface area (Å²) in [5.74, 6) is -0.0782. The fourth-order valence-corrected chi connectivity index (χ4v) is 2.42. The number of aromatic nitrogens is 2. The number of benzene rings is 1. The zero-order valence-electron chi connectivity index (χ0n) is 11.3. The lowest BCUT2D eigenvalue weighted by molar-refractivity contribution is 0.0728. The largest absolute Gasteiger partial charge is 0.399 e. The molecule has 1 aliphatic rings. The van der Waals surface area contributed by atoms with Gasteiger partial charge in [0.2, 0.25) is 0 Å². The molecular weight excluding hydrogens is 252 g/mol. The minimum absolute atomic E-state index is 0.0782. The van der Waals surface area contributed by atoms with Crippen LogP contribution in [0, 0.1) is 6.92 Å². The van der Waals surface area contributed by atoms with Gasteiger partial charge in [-0.1, -0.05) is 6.07 Å². The van der Waals surface area contributed by atoms with E-state index in [1.165, 1.54) is 11.8 Å². The molecular formula is C15H16N4O. The summed E-state index contributed by atoms with van der Waals surface area (Å²) in [5, 5.41) is 0. The summed E-state index contributed by atoms with van der Waals surface area (Å²) in [4.78, 5) is 22.5. The third-order valence-electron chi connectivity index (χ3n) is 3.53. The highest BCUT2D eigenvalue weighted by Crippen LogP contribution is 2.22. The van der Waals surface area contributed by atoms with Crippen molar-refractivity contribution in [1.82, 2.24) is 14.9 Å². The molecule has 0 saturated carbocycles. The Bertz CT molecular complexity index is 651. The third-order valence-corrected chi connectivity index (χ3v) is 3.53. The molecule has 1 aromatic heterocycles. The number of hydrogen-bond donors (Lipinski definition) is 1. The quantitative estimate of drug-likeness (QED) is 0.797. The lowest BCUT2D eigenvalue weighted by Gasteiger charge is -2.28. The Morgan fingerprint density at radius 2 is 2.10 bits per heavy atom. The Morgan fingerprint density at radius 3 is 2.85 bits per heavy atom. The average molecular weight is 268 g/mol. The number of fused-ring (bicyclic) bond motifs is 1. The Balaban J connectivity index is 1.82. The van der Waals surface area contributed by atoms with Gasteiger partial charge in [-0.25, -0.2) is 4.98 Å². The van der Waals surface area contributed by atoms with E-state index in [0.717, 1.165) is 23.4 Å². The van der Waals surface area contributed by atoms with E-state index in [-0.39, 0.29) is 5.91 Å². The maximum Gasteiger partial charge on any atom is 0.274 e. The minimum atomic E-state index is -0.0782. The third kappa shape index (κ3) is 2.34. The molecule has 1 aromatic carbocycles. The molecule has 2 N–H and O–H groups in total. The van der Waals surface area contributed by atoms with Crippen LogP contribution in [0.15, 0.2) is 30.6 Å². The van der Waals surface area contributed by atoms with Gasteiger partial charge in [0.25, 0.3) is 5.91 Å². The number of carbonyl (C=O) groups is 1. The fraction of sp³-hybridized carbons (Fsp3) is 0.267. The molecule has 0 unspecified atom stereocenters. The zero-order valence-corrected chi connectivity index (χ0v) is 11.3. The number of nitrogens with zero attached hydrogens (tertiary/aromatic N) is 3. The standard InChI is InChI=1S/C15H16N4O/c1-10-7-18-14(8-17-10)15(20)19-5-4-11-2-3-13(16)6-12(11)9-19/h2-3,6-8H,4-5,9,16H2,1H3. The van der Waals surface area contributed by atoms with Gasteiger partial charge in [0, 0.05) is 25.0 Å². The highest BCUT2D eigenvalue weighted by Gasteiger charge is 2.22. The van der Waals surface area contributed by atoms with Crippen molar-refractivity contribution in [2.75, 3.05) is 12.3 Å². The molecule has 0 aliphatic carbocycles. The Kier molecular flexibility index (Phi) is 3.10. The van der Waals surface area contributed by atoms with Crippen molar-refractivity contribution in [2.45, 2.75) is 19.9 Å². The van der Waals surface area contributed by atoms with Crippen LogP contribution in [0.5, 0.6) is 0 Å². The lowest BCUT2D eigenvalue weighted by Crippen LogP contribution is -2.36. The Labute approximate surface area is 117 Å². The maximum absolute atomic E-state index is 12.4. The number of nitrogen functional groups attached to an aromatic ring is 1. The number of anilines is 1. The normalized spacial score (nSPS) is 13.9. The summed E-state index contributed by atoms with van der Waals surface area (Å²) >= 11 is 0. The van der Waals surface area contributed by atoms with E-state index in [9.17, 15) is 4.79 Å². The molecule has 0 radical (unpaired) electrons. The van der Waals surface area contributed by atoms with Crippen LogP contribution in [0.2, 0.25) is 0 Å². The van der Waals surface area contributed by atoms with Crippen LogP contribution in [0.25, 0.3) is 0 Å². The molecule has 102 valence electrons. The second-order valence-corrected chi connectivity index (χ2v) is 5.05. The van der Waals surface area contributed by atoms with E-state index in [1.54, 1.807) is 11.1 Å². The van der Waals surface area contributed by atoms with Gasteiger partial charge in [0.1, 0.15) is 5.69 Å². The van der Waals surface area contributed by atoms with Gasteiger partial charge >= 0.3 is 0 Å². The summed E-state index contributed by atoms with van der Waals surface area (Å²) < 4.78 is 0. The molecule has 2 aromatic rings. The molecule has 3 rings (SSSR count). The molecule has 0 saturated heterocycles. The van der Waals surface area contributed by atoms with Gasteiger partial charge in [-0.2, -0.15) is 0 Å². The van der Waals surface area contributed by atoms with E-state index >= 15 is 0 Å². The summed E-state index contributed by atoms with van der Waals surface area (Å²) in [6, 6.07) is 5.88. The van der Waals surface area contributed by atoms with Gasteiger partial charge < -0.3 is 10.6 Å². The lowest BCUT2D eigenvalue weighted by atomic mass is 9.99. The maximum atomic E-state index is 12.4. The summed E-state index contributed by atoms with van der Waals surface area (Å²) in [6.07, 6.45) is 4.00. The Morgan fingerprint density at radius 1 is 1.25 bits per heavy atom. The number of aryl methyl sites for hydroxylation is 1. The minimum Gasteiger partial charge on any atom is -0.399 e. The number of nitrogens with two attached hydrogens (primary N) is 1. The molecule has 0 atom stereocenters. The fourth-order valence-electron chi connectivity index (χ4n) is 2.42. The van der Waals surface area contributed by atoms with Crippen LogP contribution in [0.3, 0.4) is 0 Å². The Hall–Kier alpha value is -2.43. The van der Waals surface area contributed by atoms with Gasteiger partial charge in [0.05, 0.1) is 11.9 Å². The van der Waals surface area contributed by atoms with Crippen molar-refractivity contribution in [2.24, 2.45) is 0 Å². The van der Waals surface area contributed by atoms with Gasteiger partial charge in [0.15, 0.2) is 0 Å². The number of amides is 1. The van der Waals surface area contributed by atoms with Gasteiger partial charge in [-0.15, -0.1) is 0 Å². The predicted molar refractivity (Wildman–Crippen MR) is 76.1 cm³/mol. The first-order valence-electron chi connectivity index (χ1n) is 6.58. The molecule has 1 amide bonds. The molecule has 2 heterocycles. The SMILES string of the molecule is Cc1cnc(C(=O)N2CCc3ccc(N)cc3C2)cn1. The first-order chi connectivity index (χ1) is 9.63. The topological polar surface area (TPSA) is 72.1 Å². The molecule has 5 heteroatoms. The number of hydrogen-bond acceptors (Lipinski definition) is 4. The van der Waals surface area contributed by atoms with Crippen LogP contribution >= 0.6 is 0 Å². The summed E-state index contributed by atoms with van der Waals surface area (Å²) in [5.41, 5.74) is 10.1. The zero-order chi connectivity index (χ0) is 14.1. The van der Waals surface area contributed by atoms with Crippen molar-refractivity contribution in [1.29, 1.82) is 0 Å². The van der Waals surface area contributed by atoms with Crippen molar-refractivity contribution >= 4 is 11.6 Å². The molecule has 0 spiro atoms. The van der Waals surface area contributed by atoms with Crippen LogP contribution in [-0.2, 0) is 13.0 Å². The first-order valence-corrected chi connectivity index (χ1v) is 6.58. The van der Waals surface area contributed by atoms with Gasteiger partial charge in [-0.05, 0) is 36.6 Å². The number of rotatable bonds is 1. The summed E-state index contributed by atoms with van der Waals surface area (Å²) in [7, 11) is 0. The van der Waals surface area contributed by atoms with Crippen LogP contribution in [0.1, 0.15) is 27.3 Å². The molecule has 5 nitrogen and oxygen atoms in total. The predicted octanol–water partition coefficient (Wildman–Crippen LogP) is 1.57. The monoisotopic (exact) mass is 268 g/mol. The van der Waals surface area contributed by atoms with E-state index in [0.29, 0.717) is 18.8 Å². The highest BCUT2D eigenvalue weighted by atomic mass is 16.2.